The summed E-state index contributed by atoms with van der Waals surface area (Å²) in [5.41, 5.74) is 1.93. The molecular weight excluding hydrogens is 501 g/mol. The Kier molecular flexibility index (Phi) is 7.34. The van der Waals surface area contributed by atoms with Gasteiger partial charge in [0.25, 0.3) is 5.91 Å². The predicted molar refractivity (Wildman–Crippen MR) is 142 cm³/mol. The number of likely N-dealkylation sites (tertiary alicyclic amines) is 1. The van der Waals surface area contributed by atoms with Gasteiger partial charge in [-0.15, -0.1) is 0 Å². The van der Waals surface area contributed by atoms with E-state index in [1.165, 1.54) is 24.5 Å². The van der Waals surface area contributed by atoms with Crippen molar-refractivity contribution in [3.8, 4) is 34.2 Å². The third-order valence-electron chi connectivity index (χ3n) is 6.37. The summed E-state index contributed by atoms with van der Waals surface area (Å²) in [5, 5.41) is 26.0. The van der Waals surface area contributed by atoms with Gasteiger partial charge in [0.2, 0.25) is 5.91 Å². The minimum Gasteiger partial charge on any atom is -0.507 e. The minimum absolute atomic E-state index is 0.0139. The Labute approximate surface area is 223 Å². The first-order chi connectivity index (χ1) is 18.9. The molecule has 1 aliphatic heterocycles. The second-order valence-electron chi connectivity index (χ2n) is 9.10. The number of amides is 2. The molecule has 2 aromatic heterocycles. The Bertz CT molecular complexity index is 1570. The van der Waals surface area contributed by atoms with Crippen molar-refractivity contribution in [1.29, 1.82) is 5.26 Å². The van der Waals surface area contributed by atoms with E-state index in [2.05, 4.69) is 26.6 Å². The summed E-state index contributed by atoms with van der Waals surface area (Å²) in [6.07, 6.45) is 3.49. The van der Waals surface area contributed by atoms with Gasteiger partial charge in [0.15, 0.2) is 11.6 Å². The van der Waals surface area contributed by atoms with Crippen LogP contribution in [0.2, 0.25) is 0 Å². The van der Waals surface area contributed by atoms with Gasteiger partial charge in [-0.1, -0.05) is 12.1 Å². The van der Waals surface area contributed by atoms with Gasteiger partial charge in [0, 0.05) is 22.9 Å². The van der Waals surface area contributed by atoms with E-state index in [0.29, 0.717) is 23.4 Å². The van der Waals surface area contributed by atoms with Crippen LogP contribution in [0.3, 0.4) is 0 Å². The standard InChI is InChI=1S/C29H24FN5O4/c30-19-8-9-21(25(36)14-19)24-15-22(23(16-31)28(33-24)34-29(38)26-7-4-12-39-26)18-5-3-6-20(13-18)32-27(37)17-35-10-1-2-11-35/h3-9,12-15,36H,1-2,10-11,17H2,(H,32,37)(H,33,34,38). The third kappa shape index (κ3) is 5.79. The molecule has 2 aromatic carbocycles. The molecular formula is C29H24FN5O4. The van der Waals surface area contributed by atoms with E-state index in [9.17, 15) is 24.3 Å². The Morgan fingerprint density at radius 1 is 1.05 bits per heavy atom. The summed E-state index contributed by atoms with van der Waals surface area (Å²) in [7, 11) is 0. The van der Waals surface area contributed by atoms with E-state index in [-0.39, 0.29) is 40.1 Å². The van der Waals surface area contributed by atoms with Gasteiger partial charge in [0.05, 0.1) is 18.5 Å². The van der Waals surface area contributed by atoms with E-state index in [1.54, 1.807) is 36.4 Å². The average Bonchev–Trinajstić information content (AvgIpc) is 3.63. The minimum atomic E-state index is -0.631. The molecule has 1 fully saturated rings. The first-order valence-electron chi connectivity index (χ1n) is 12.3. The lowest BCUT2D eigenvalue weighted by Gasteiger charge is -2.16. The van der Waals surface area contributed by atoms with E-state index >= 15 is 0 Å². The Hall–Kier alpha value is -5.01. The molecule has 0 atom stereocenters. The predicted octanol–water partition coefficient (Wildman–Crippen LogP) is 5.01. The molecule has 0 spiro atoms. The number of hydrogen-bond acceptors (Lipinski definition) is 7. The molecule has 10 heteroatoms. The normalized spacial score (nSPS) is 13.1. The van der Waals surface area contributed by atoms with Gasteiger partial charge in [0.1, 0.15) is 23.2 Å². The Balaban J connectivity index is 1.55. The number of phenols is 1. The van der Waals surface area contributed by atoms with Crippen molar-refractivity contribution in [3.63, 3.8) is 0 Å². The van der Waals surface area contributed by atoms with Crippen LogP contribution in [0.1, 0.15) is 29.0 Å². The topological polar surface area (TPSA) is 131 Å². The van der Waals surface area contributed by atoms with Crippen molar-refractivity contribution in [2.24, 2.45) is 0 Å². The molecule has 4 aromatic rings. The number of carbonyl (C=O) groups excluding carboxylic acids is 2. The summed E-state index contributed by atoms with van der Waals surface area (Å²) < 4.78 is 18.8. The molecule has 3 heterocycles. The summed E-state index contributed by atoms with van der Waals surface area (Å²) in [6, 6.07) is 17.1. The van der Waals surface area contributed by atoms with Gasteiger partial charge >= 0.3 is 0 Å². The molecule has 5 rings (SSSR count). The highest BCUT2D eigenvalue weighted by Crippen LogP contribution is 2.36. The van der Waals surface area contributed by atoms with Crippen LogP contribution in [0, 0.1) is 17.1 Å². The fourth-order valence-corrected chi connectivity index (χ4v) is 4.52. The van der Waals surface area contributed by atoms with Gasteiger partial charge < -0.3 is 20.2 Å². The Morgan fingerprint density at radius 2 is 1.87 bits per heavy atom. The monoisotopic (exact) mass is 525 g/mol. The highest BCUT2D eigenvalue weighted by Gasteiger charge is 2.21. The molecule has 0 bridgehead atoms. The van der Waals surface area contributed by atoms with Crippen molar-refractivity contribution < 1.29 is 23.5 Å². The lowest BCUT2D eigenvalue weighted by atomic mass is 9.97. The maximum Gasteiger partial charge on any atom is 0.292 e. The lowest BCUT2D eigenvalue weighted by molar-refractivity contribution is -0.117. The quantitative estimate of drug-likeness (QED) is 0.309. The maximum atomic E-state index is 13.7. The molecule has 1 aliphatic rings. The van der Waals surface area contributed by atoms with Crippen molar-refractivity contribution in [1.82, 2.24) is 9.88 Å². The van der Waals surface area contributed by atoms with Crippen LogP contribution in [0.25, 0.3) is 22.4 Å². The van der Waals surface area contributed by atoms with Gasteiger partial charge in [-0.05, 0) is 74.0 Å². The number of benzene rings is 2. The van der Waals surface area contributed by atoms with Gasteiger partial charge in [-0.25, -0.2) is 9.37 Å². The number of furan rings is 1. The van der Waals surface area contributed by atoms with Crippen LogP contribution in [0.4, 0.5) is 15.9 Å². The van der Waals surface area contributed by atoms with Crippen molar-refractivity contribution in [3.05, 3.63) is 84.1 Å². The van der Waals surface area contributed by atoms with Crippen molar-refractivity contribution in [2.45, 2.75) is 12.8 Å². The zero-order valence-electron chi connectivity index (χ0n) is 20.8. The first-order valence-corrected chi connectivity index (χ1v) is 12.3. The number of halogens is 1. The maximum absolute atomic E-state index is 13.7. The number of pyridine rings is 1. The Morgan fingerprint density at radius 3 is 2.59 bits per heavy atom. The van der Waals surface area contributed by atoms with Crippen LogP contribution in [-0.2, 0) is 4.79 Å². The van der Waals surface area contributed by atoms with E-state index in [4.69, 9.17) is 4.42 Å². The van der Waals surface area contributed by atoms with Gasteiger partial charge in [-0.2, -0.15) is 5.26 Å². The molecule has 3 N–H and O–H groups in total. The molecule has 0 unspecified atom stereocenters. The average molecular weight is 526 g/mol. The number of aromatic hydroxyl groups is 1. The smallest absolute Gasteiger partial charge is 0.292 e. The zero-order valence-corrected chi connectivity index (χ0v) is 20.8. The van der Waals surface area contributed by atoms with E-state index < -0.39 is 11.7 Å². The number of hydrogen-bond donors (Lipinski definition) is 3. The largest absolute Gasteiger partial charge is 0.507 e. The molecule has 196 valence electrons. The number of carbonyl (C=O) groups is 2. The van der Waals surface area contributed by atoms with Crippen LogP contribution in [-0.4, -0.2) is 46.4 Å². The lowest BCUT2D eigenvalue weighted by Crippen LogP contribution is -2.30. The SMILES string of the molecule is N#Cc1c(-c2cccc(NC(=O)CN3CCCC3)c2)cc(-c2ccc(F)cc2O)nc1NC(=O)c1ccco1. The number of aromatic nitrogens is 1. The summed E-state index contributed by atoms with van der Waals surface area (Å²) >= 11 is 0. The number of nitriles is 1. The fraction of sp³-hybridized carbons (Fsp3) is 0.172. The van der Waals surface area contributed by atoms with Crippen LogP contribution in [0.15, 0.2) is 71.3 Å². The van der Waals surface area contributed by atoms with Crippen LogP contribution < -0.4 is 10.6 Å². The molecule has 0 saturated carbocycles. The number of phenolic OH excluding ortho intramolecular Hbond substituents is 1. The summed E-state index contributed by atoms with van der Waals surface area (Å²) in [6.45, 7) is 2.07. The molecule has 0 aliphatic carbocycles. The highest BCUT2D eigenvalue weighted by molar-refractivity contribution is 6.03. The van der Waals surface area contributed by atoms with Crippen LogP contribution in [0.5, 0.6) is 5.75 Å². The summed E-state index contributed by atoms with van der Waals surface area (Å²) in [4.78, 5) is 31.9. The number of nitrogens with one attached hydrogen (secondary N) is 2. The number of rotatable bonds is 7. The fourth-order valence-electron chi connectivity index (χ4n) is 4.52. The number of nitrogens with zero attached hydrogens (tertiary/aromatic N) is 3. The molecule has 2 amide bonds. The summed E-state index contributed by atoms with van der Waals surface area (Å²) in [5.74, 6) is -1.82. The highest BCUT2D eigenvalue weighted by atomic mass is 19.1. The van der Waals surface area contributed by atoms with Gasteiger partial charge in [-0.3, -0.25) is 14.5 Å². The zero-order chi connectivity index (χ0) is 27.4. The third-order valence-corrected chi connectivity index (χ3v) is 6.37. The van der Waals surface area contributed by atoms with E-state index in [1.807, 2.05) is 0 Å². The van der Waals surface area contributed by atoms with Crippen molar-refractivity contribution in [2.75, 3.05) is 30.3 Å². The van der Waals surface area contributed by atoms with Crippen molar-refractivity contribution >= 4 is 23.3 Å². The van der Waals surface area contributed by atoms with E-state index in [0.717, 1.165) is 32.0 Å². The molecule has 1 saturated heterocycles. The molecule has 0 radical (unpaired) electrons. The first kappa shape index (κ1) is 25.6. The molecule has 39 heavy (non-hydrogen) atoms. The second-order valence-corrected chi connectivity index (χ2v) is 9.10. The number of anilines is 2. The molecule has 9 nitrogen and oxygen atoms in total. The van der Waals surface area contributed by atoms with Crippen LogP contribution >= 0.6 is 0 Å². The second kappa shape index (κ2) is 11.2.